The van der Waals surface area contributed by atoms with Gasteiger partial charge in [-0.15, -0.1) is 0 Å². The average molecular weight is 578 g/mol. The second kappa shape index (κ2) is 13.4. The highest BCUT2D eigenvalue weighted by Crippen LogP contribution is 2.36. The van der Waals surface area contributed by atoms with E-state index in [1.807, 2.05) is 36.4 Å². The summed E-state index contributed by atoms with van der Waals surface area (Å²) in [6.45, 7) is 7.81. The minimum absolute atomic E-state index is 0.168. The molecular weight excluding hydrogens is 538 g/mol. The highest BCUT2D eigenvalue weighted by Gasteiger charge is 2.45. The van der Waals surface area contributed by atoms with Gasteiger partial charge in [0.15, 0.2) is 23.2 Å². The van der Waals surface area contributed by atoms with E-state index >= 15 is 0 Å². The molecule has 6 N–H and O–H groups in total. The van der Waals surface area contributed by atoms with Crippen molar-refractivity contribution in [1.29, 1.82) is 0 Å². The molecule has 1 aliphatic heterocycles. The van der Waals surface area contributed by atoms with Gasteiger partial charge in [-0.1, -0.05) is 56.3 Å². The van der Waals surface area contributed by atoms with Gasteiger partial charge in [0, 0.05) is 18.7 Å². The lowest BCUT2D eigenvalue weighted by molar-refractivity contribution is -0.0501. The predicted octanol–water partition coefficient (Wildman–Crippen LogP) is 2.41. The van der Waals surface area contributed by atoms with Crippen LogP contribution in [-0.4, -0.2) is 90.9 Å². The number of fused-ring (bicyclic) bond motifs is 1. The van der Waals surface area contributed by atoms with E-state index < -0.39 is 31.1 Å². The fourth-order valence-corrected chi connectivity index (χ4v) is 5.23. The molecule has 0 spiro atoms. The summed E-state index contributed by atoms with van der Waals surface area (Å²) < 4.78 is 13.7. The number of anilines is 2. The Balaban J connectivity index is 1.41. The molecule has 1 saturated heterocycles. The Morgan fingerprint density at radius 3 is 2.57 bits per heavy atom. The van der Waals surface area contributed by atoms with Gasteiger partial charge in [0.1, 0.15) is 30.4 Å². The smallest absolute Gasteiger partial charge is 0.207 e. The molecule has 224 valence electrons. The zero-order valence-electron chi connectivity index (χ0n) is 23.9. The molecule has 2 aromatic heterocycles. The highest BCUT2D eigenvalue weighted by molar-refractivity contribution is 5.84. The third kappa shape index (κ3) is 6.18. The first-order valence-corrected chi connectivity index (χ1v) is 14.3. The number of nitrogens with zero attached hydrogens (tertiary/aromatic N) is 5. The van der Waals surface area contributed by atoms with E-state index in [1.165, 1.54) is 6.33 Å². The summed E-state index contributed by atoms with van der Waals surface area (Å²) in [4.78, 5) is 15.3. The zero-order chi connectivity index (χ0) is 29.6. The quantitative estimate of drug-likeness (QED) is 0.148. The molecule has 3 heterocycles. The molecule has 1 aliphatic rings. The van der Waals surface area contributed by atoms with E-state index in [-0.39, 0.29) is 5.82 Å². The minimum atomic E-state index is -1.32. The van der Waals surface area contributed by atoms with Gasteiger partial charge in [-0.25, -0.2) is 15.0 Å². The number of nitrogens with two attached hydrogens (primary N) is 1. The molecule has 4 atom stereocenters. The number of rotatable bonds is 13. The standard InChI is InChI=1S/C30H39N7O5/c1-3-36(4-2)13-8-14-41-22-15-19(11-12-21(22)20-9-6-5-7-10-20)16-32-30-35-24-27(31)33-18-34-28(24)37(30)29-26(40)25(39)23(17-38)42-29/h5-7,9-12,15,18,23,25-26,29,38-40H,3-4,8,13-14,16-17H2,1-2H3,(H,32,35)(H2,31,33,34)/t23-,25-,26-,29-/m1/s1. The topological polar surface area (TPSA) is 164 Å². The summed E-state index contributed by atoms with van der Waals surface area (Å²) in [5, 5.41) is 34.1. The Morgan fingerprint density at radius 1 is 1.07 bits per heavy atom. The van der Waals surface area contributed by atoms with Gasteiger partial charge in [-0.3, -0.25) is 4.57 Å². The minimum Gasteiger partial charge on any atom is -0.493 e. The van der Waals surface area contributed by atoms with Gasteiger partial charge in [0.05, 0.1) is 13.2 Å². The summed E-state index contributed by atoms with van der Waals surface area (Å²) in [6.07, 6.45) is -2.40. The van der Waals surface area contributed by atoms with Gasteiger partial charge < -0.3 is 40.7 Å². The van der Waals surface area contributed by atoms with E-state index in [0.717, 1.165) is 48.5 Å². The van der Waals surface area contributed by atoms with Crippen molar-refractivity contribution >= 4 is 22.9 Å². The van der Waals surface area contributed by atoms with Crippen molar-refractivity contribution in [2.24, 2.45) is 0 Å². The normalized spacial score (nSPS) is 20.4. The van der Waals surface area contributed by atoms with Crippen molar-refractivity contribution in [3.8, 4) is 16.9 Å². The molecule has 1 fully saturated rings. The molecule has 0 amide bonds. The van der Waals surface area contributed by atoms with Crippen molar-refractivity contribution in [2.75, 3.05) is 43.9 Å². The van der Waals surface area contributed by atoms with Gasteiger partial charge in [0.2, 0.25) is 5.95 Å². The molecule has 4 aromatic rings. The molecule has 0 aliphatic carbocycles. The van der Waals surface area contributed by atoms with Crippen LogP contribution in [-0.2, 0) is 11.3 Å². The van der Waals surface area contributed by atoms with Crippen LogP contribution in [0, 0.1) is 0 Å². The maximum Gasteiger partial charge on any atom is 0.207 e. The van der Waals surface area contributed by atoms with Crippen molar-refractivity contribution in [2.45, 2.75) is 51.4 Å². The number of aliphatic hydroxyl groups excluding tert-OH is 3. The van der Waals surface area contributed by atoms with E-state index in [9.17, 15) is 15.3 Å². The second-order valence-electron chi connectivity index (χ2n) is 10.2. The first kappa shape index (κ1) is 29.7. The number of ether oxygens (including phenoxy) is 2. The monoisotopic (exact) mass is 577 g/mol. The number of nitrogen functional groups attached to an aromatic ring is 1. The number of hydrogen-bond acceptors (Lipinski definition) is 11. The van der Waals surface area contributed by atoms with Crippen LogP contribution in [0.15, 0.2) is 54.9 Å². The van der Waals surface area contributed by atoms with Crippen molar-refractivity contribution in [1.82, 2.24) is 24.4 Å². The Kier molecular flexibility index (Phi) is 9.50. The largest absolute Gasteiger partial charge is 0.493 e. The number of hydrogen-bond donors (Lipinski definition) is 5. The van der Waals surface area contributed by atoms with E-state index in [4.69, 9.17) is 15.2 Å². The zero-order valence-corrected chi connectivity index (χ0v) is 23.9. The summed E-state index contributed by atoms with van der Waals surface area (Å²) in [7, 11) is 0. The van der Waals surface area contributed by atoms with Crippen LogP contribution < -0.4 is 15.8 Å². The third-order valence-electron chi connectivity index (χ3n) is 7.63. The van der Waals surface area contributed by atoms with Crippen molar-refractivity contribution in [3.63, 3.8) is 0 Å². The lowest BCUT2D eigenvalue weighted by atomic mass is 10.0. The highest BCUT2D eigenvalue weighted by atomic mass is 16.6. The summed E-state index contributed by atoms with van der Waals surface area (Å²) >= 11 is 0. The molecule has 0 saturated carbocycles. The number of aliphatic hydroxyl groups is 3. The number of benzene rings is 2. The SMILES string of the molecule is CCN(CC)CCCOc1cc(CNc2nc3c(N)ncnc3n2[C@@H]2O[C@H](CO)[C@@H](O)[C@H]2O)ccc1-c1ccccc1. The lowest BCUT2D eigenvalue weighted by Gasteiger charge is -2.20. The van der Waals surface area contributed by atoms with Crippen molar-refractivity contribution < 1.29 is 24.8 Å². The average Bonchev–Trinajstić information content (AvgIpc) is 3.53. The molecule has 42 heavy (non-hydrogen) atoms. The lowest BCUT2D eigenvalue weighted by Crippen LogP contribution is -2.33. The van der Waals surface area contributed by atoms with Crippen LogP contribution in [0.1, 0.15) is 32.1 Å². The predicted molar refractivity (Wildman–Crippen MR) is 160 cm³/mol. The van der Waals surface area contributed by atoms with Crippen LogP contribution >= 0.6 is 0 Å². The Hall–Kier alpha value is -3.81. The van der Waals surface area contributed by atoms with Crippen LogP contribution in [0.4, 0.5) is 11.8 Å². The molecule has 0 bridgehead atoms. The molecule has 12 nitrogen and oxygen atoms in total. The first-order valence-electron chi connectivity index (χ1n) is 14.3. The summed E-state index contributed by atoms with van der Waals surface area (Å²) in [5.41, 5.74) is 9.74. The fourth-order valence-electron chi connectivity index (χ4n) is 5.23. The van der Waals surface area contributed by atoms with E-state index in [2.05, 4.69) is 51.1 Å². The van der Waals surface area contributed by atoms with Crippen LogP contribution in [0.3, 0.4) is 0 Å². The van der Waals surface area contributed by atoms with Gasteiger partial charge in [-0.2, -0.15) is 0 Å². The van der Waals surface area contributed by atoms with E-state index in [1.54, 1.807) is 4.57 Å². The Bertz CT molecular complexity index is 1460. The molecular formula is C30H39N7O5. The number of imidazole rings is 1. The number of aromatic nitrogens is 4. The number of nitrogens with one attached hydrogen (secondary N) is 1. The van der Waals surface area contributed by atoms with Crippen molar-refractivity contribution in [3.05, 3.63) is 60.4 Å². The Labute approximate surface area is 244 Å². The molecule has 2 aromatic carbocycles. The van der Waals surface area contributed by atoms with Crippen LogP contribution in [0.2, 0.25) is 0 Å². The summed E-state index contributed by atoms with van der Waals surface area (Å²) in [5.74, 6) is 1.27. The molecule has 12 heteroatoms. The first-order chi connectivity index (χ1) is 20.4. The Morgan fingerprint density at radius 2 is 1.86 bits per heavy atom. The third-order valence-corrected chi connectivity index (χ3v) is 7.63. The van der Waals surface area contributed by atoms with Gasteiger partial charge in [-0.05, 0) is 36.7 Å². The second-order valence-corrected chi connectivity index (χ2v) is 10.2. The van der Waals surface area contributed by atoms with Crippen LogP contribution in [0.5, 0.6) is 5.75 Å². The van der Waals surface area contributed by atoms with Gasteiger partial charge in [0.25, 0.3) is 0 Å². The maximum absolute atomic E-state index is 10.8. The van der Waals surface area contributed by atoms with Gasteiger partial charge >= 0.3 is 0 Å². The van der Waals surface area contributed by atoms with Crippen LogP contribution in [0.25, 0.3) is 22.3 Å². The molecule has 0 unspecified atom stereocenters. The fraction of sp³-hybridized carbons (Fsp3) is 0.433. The van der Waals surface area contributed by atoms with E-state index in [0.29, 0.717) is 30.3 Å². The molecule has 0 radical (unpaired) electrons. The summed E-state index contributed by atoms with van der Waals surface area (Å²) in [6, 6.07) is 16.2. The molecule has 5 rings (SSSR count). The maximum atomic E-state index is 10.8.